The number of carbonyl (C=O) groups is 1. The molecule has 2 heterocycles. The van der Waals surface area contributed by atoms with E-state index in [2.05, 4.69) is 9.88 Å². The summed E-state index contributed by atoms with van der Waals surface area (Å²) in [5.41, 5.74) is 1.13. The Morgan fingerprint density at radius 1 is 1.38 bits per heavy atom. The van der Waals surface area contributed by atoms with Gasteiger partial charge in [0.1, 0.15) is 18.2 Å². The minimum Gasteiger partial charge on any atom is -0.480 e. The summed E-state index contributed by atoms with van der Waals surface area (Å²) in [5, 5.41) is 9.07. The summed E-state index contributed by atoms with van der Waals surface area (Å²) in [6, 6.07) is 4.22. The number of halogens is 1. The van der Waals surface area contributed by atoms with Crippen molar-refractivity contribution >= 4 is 17.0 Å². The van der Waals surface area contributed by atoms with Crippen molar-refractivity contribution in [3.63, 3.8) is 0 Å². The van der Waals surface area contributed by atoms with Crippen LogP contribution in [0.5, 0.6) is 0 Å². The number of aliphatic carboxylic acids is 1. The lowest BCUT2D eigenvalue weighted by Crippen LogP contribution is -2.36. The maximum Gasteiger partial charge on any atom is 0.323 e. The number of aromatic nitrogens is 2. The van der Waals surface area contributed by atoms with Crippen LogP contribution in [0.25, 0.3) is 11.0 Å². The molecule has 1 aliphatic heterocycles. The van der Waals surface area contributed by atoms with Crippen LogP contribution >= 0.6 is 0 Å². The molecule has 1 aromatic carbocycles. The second-order valence-electron chi connectivity index (χ2n) is 5.03. The van der Waals surface area contributed by atoms with Crippen LogP contribution in [0.3, 0.4) is 0 Å². The van der Waals surface area contributed by atoms with Gasteiger partial charge < -0.3 is 14.4 Å². The van der Waals surface area contributed by atoms with Crippen molar-refractivity contribution in [3.8, 4) is 0 Å². The lowest BCUT2D eigenvalue weighted by molar-refractivity contribution is -0.137. The number of rotatable bonds is 4. The average molecular weight is 293 g/mol. The Labute approximate surface area is 120 Å². The summed E-state index contributed by atoms with van der Waals surface area (Å²) in [4.78, 5) is 17.6. The molecule has 1 saturated heterocycles. The van der Waals surface area contributed by atoms with Gasteiger partial charge in [0.2, 0.25) is 0 Å². The maximum absolute atomic E-state index is 13.3. The fourth-order valence-corrected chi connectivity index (χ4v) is 2.54. The van der Waals surface area contributed by atoms with E-state index in [1.807, 2.05) is 0 Å². The Kier molecular flexibility index (Phi) is 3.85. The van der Waals surface area contributed by atoms with Crippen molar-refractivity contribution < 1.29 is 19.0 Å². The number of hydrogen-bond acceptors (Lipinski definition) is 4. The first-order valence-electron chi connectivity index (χ1n) is 6.80. The van der Waals surface area contributed by atoms with E-state index < -0.39 is 5.97 Å². The summed E-state index contributed by atoms with van der Waals surface area (Å²) in [7, 11) is 0. The molecule has 0 unspecified atom stereocenters. The highest BCUT2D eigenvalue weighted by Crippen LogP contribution is 2.19. The largest absolute Gasteiger partial charge is 0.480 e. The first-order valence-corrected chi connectivity index (χ1v) is 6.80. The monoisotopic (exact) mass is 293 g/mol. The van der Waals surface area contributed by atoms with Crippen molar-refractivity contribution in [2.45, 2.75) is 13.1 Å². The van der Waals surface area contributed by atoms with Crippen LogP contribution < -0.4 is 0 Å². The van der Waals surface area contributed by atoms with Gasteiger partial charge in [-0.25, -0.2) is 9.37 Å². The predicted octanol–water partition coefficient (Wildman–Crippen LogP) is 1.09. The van der Waals surface area contributed by atoms with Gasteiger partial charge in [0.05, 0.1) is 30.8 Å². The topological polar surface area (TPSA) is 67.6 Å². The molecule has 7 heteroatoms. The fraction of sp³-hybridized carbons (Fsp3) is 0.429. The quantitative estimate of drug-likeness (QED) is 0.914. The van der Waals surface area contributed by atoms with Gasteiger partial charge in [-0.2, -0.15) is 0 Å². The minimum absolute atomic E-state index is 0.179. The highest BCUT2D eigenvalue weighted by molar-refractivity contribution is 5.78. The van der Waals surface area contributed by atoms with Gasteiger partial charge in [0.25, 0.3) is 0 Å². The van der Waals surface area contributed by atoms with Gasteiger partial charge in [-0.3, -0.25) is 9.69 Å². The molecule has 0 aliphatic carbocycles. The SMILES string of the molecule is O=C(O)Cn1c(CN2CCOCC2)nc2cc(F)ccc21. The van der Waals surface area contributed by atoms with Crippen molar-refractivity contribution in [1.82, 2.24) is 14.5 Å². The number of ether oxygens (including phenoxy) is 1. The molecule has 21 heavy (non-hydrogen) atoms. The van der Waals surface area contributed by atoms with Crippen molar-refractivity contribution in [3.05, 3.63) is 29.8 Å². The van der Waals surface area contributed by atoms with Gasteiger partial charge in [-0.15, -0.1) is 0 Å². The molecule has 0 atom stereocenters. The molecule has 0 spiro atoms. The third-order valence-corrected chi connectivity index (χ3v) is 3.55. The molecule has 2 aromatic rings. The van der Waals surface area contributed by atoms with E-state index in [0.29, 0.717) is 36.6 Å². The number of carboxylic acids is 1. The average Bonchev–Trinajstić information content (AvgIpc) is 2.76. The summed E-state index contributed by atoms with van der Waals surface area (Å²) >= 11 is 0. The van der Waals surface area contributed by atoms with Gasteiger partial charge in [0, 0.05) is 19.2 Å². The van der Waals surface area contributed by atoms with E-state index in [1.165, 1.54) is 12.1 Å². The normalized spacial score (nSPS) is 16.4. The van der Waals surface area contributed by atoms with Crippen LogP contribution in [-0.2, 0) is 22.6 Å². The van der Waals surface area contributed by atoms with Crippen LogP contribution in [-0.4, -0.2) is 51.8 Å². The smallest absolute Gasteiger partial charge is 0.323 e. The third kappa shape index (κ3) is 3.03. The van der Waals surface area contributed by atoms with Crippen LogP contribution in [0.1, 0.15) is 5.82 Å². The van der Waals surface area contributed by atoms with Crippen molar-refractivity contribution in [2.75, 3.05) is 26.3 Å². The number of nitrogens with zero attached hydrogens (tertiary/aromatic N) is 3. The molecule has 1 aromatic heterocycles. The van der Waals surface area contributed by atoms with Crippen LogP contribution in [0.2, 0.25) is 0 Å². The first kappa shape index (κ1) is 14.0. The highest BCUT2D eigenvalue weighted by Gasteiger charge is 2.18. The lowest BCUT2D eigenvalue weighted by Gasteiger charge is -2.26. The number of benzene rings is 1. The highest BCUT2D eigenvalue weighted by atomic mass is 19.1. The molecular weight excluding hydrogens is 277 g/mol. The van der Waals surface area contributed by atoms with Gasteiger partial charge >= 0.3 is 5.97 Å². The maximum atomic E-state index is 13.3. The van der Waals surface area contributed by atoms with Crippen LogP contribution in [0.4, 0.5) is 4.39 Å². The Morgan fingerprint density at radius 2 is 2.14 bits per heavy atom. The number of morpholine rings is 1. The number of imidazole rings is 1. The third-order valence-electron chi connectivity index (χ3n) is 3.55. The lowest BCUT2D eigenvalue weighted by atomic mass is 10.3. The Bertz CT molecular complexity index is 665. The van der Waals surface area contributed by atoms with E-state index in [1.54, 1.807) is 10.6 Å². The zero-order chi connectivity index (χ0) is 14.8. The van der Waals surface area contributed by atoms with Gasteiger partial charge in [0.15, 0.2) is 0 Å². The molecule has 1 fully saturated rings. The predicted molar refractivity (Wildman–Crippen MR) is 73.4 cm³/mol. The zero-order valence-electron chi connectivity index (χ0n) is 11.5. The van der Waals surface area contributed by atoms with E-state index in [9.17, 15) is 9.18 Å². The minimum atomic E-state index is -0.943. The Morgan fingerprint density at radius 3 is 2.86 bits per heavy atom. The second-order valence-corrected chi connectivity index (χ2v) is 5.03. The molecule has 6 nitrogen and oxygen atoms in total. The molecular formula is C14H16FN3O3. The number of fused-ring (bicyclic) bond motifs is 1. The Hall–Kier alpha value is -1.99. The molecule has 0 saturated carbocycles. The molecule has 1 N–H and O–H groups in total. The summed E-state index contributed by atoms with van der Waals surface area (Å²) in [6.45, 7) is 3.24. The van der Waals surface area contributed by atoms with Crippen LogP contribution in [0.15, 0.2) is 18.2 Å². The van der Waals surface area contributed by atoms with Crippen molar-refractivity contribution in [2.24, 2.45) is 0 Å². The first-order chi connectivity index (χ1) is 10.1. The molecule has 0 bridgehead atoms. The van der Waals surface area contributed by atoms with Crippen LogP contribution in [0, 0.1) is 5.82 Å². The molecule has 1 aliphatic rings. The Balaban J connectivity index is 1.96. The summed E-state index contributed by atoms with van der Waals surface area (Å²) < 4.78 is 20.2. The summed E-state index contributed by atoms with van der Waals surface area (Å²) in [6.07, 6.45) is 0. The zero-order valence-corrected chi connectivity index (χ0v) is 11.5. The van der Waals surface area contributed by atoms with E-state index in [0.717, 1.165) is 13.1 Å². The van der Waals surface area contributed by atoms with Gasteiger partial charge in [-0.05, 0) is 12.1 Å². The molecule has 112 valence electrons. The van der Waals surface area contributed by atoms with Gasteiger partial charge in [-0.1, -0.05) is 0 Å². The number of carboxylic acid groups (broad SMARTS) is 1. The molecule has 0 amide bonds. The fourth-order valence-electron chi connectivity index (χ4n) is 2.54. The standard InChI is InChI=1S/C14H16FN3O3/c15-10-1-2-12-11(7-10)16-13(18(12)9-14(19)20)8-17-3-5-21-6-4-17/h1-2,7H,3-6,8-9H2,(H,19,20). The summed E-state index contributed by atoms with van der Waals surface area (Å²) in [5.74, 6) is -0.679. The number of hydrogen-bond donors (Lipinski definition) is 1. The van der Waals surface area contributed by atoms with Crippen molar-refractivity contribution in [1.29, 1.82) is 0 Å². The van der Waals surface area contributed by atoms with E-state index >= 15 is 0 Å². The van der Waals surface area contributed by atoms with E-state index in [-0.39, 0.29) is 12.4 Å². The molecule has 0 radical (unpaired) electrons. The van der Waals surface area contributed by atoms with E-state index in [4.69, 9.17) is 9.84 Å². The second kappa shape index (κ2) is 5.79. The molecule has 3 rings (SSSR count).